The Balaban J connectivity index is 0.983. The van der Waals surface area contributed by atoms with Crippen LogP contribution in [0.2, 0.25) is 0 Å². The lowest BCUT2D eigenvalue weighted by atomic mass is 9.97. The third-order valence-corrected chi connectivity index (χ3v) is 12.2. The van der Waals surface area contributed by atoms with Crippen molar-refractivity contribution in [3.05, 3.63) is 231 Å². The Hall–Kier alpha value is -8.14. The van der Waals surface area contributed by atoms with Crippen molar-refractivity contribution in [2.75, 3.05) is 4.90 Å². The highest BCUT2D eigenvalue weighted by Gasteiger charge is 2.18. The maximum atomic E-state index is 6.42. The number of fused-ring (bicyclic) bond motifs is 7. The van der Waals surface area contributed by atoms with Crippen molar-refractivity contribution in [3.8, 4) is 39.1 Å². The average Bonchev–Trinajstić information content (AvgIpc) is 3.88. The second-order valence-corrected chi connectivity index (χ2v) is 15.8. The van der Waals surface area contributed by atoms with Gasteiger partial charge in [-0.15, -0.1) is 0 Å². The van der Waals surface area contributed by atoms with Gasteiger partial charge in [0.2, 0.25) is 0 Å². The Morgan fingerprint density at radius 3 is 1.49 bits per heavy atom. The molecule has 2 aromatic heterocycles. The first-order chi connectivity index (χ1) is 30.2. The maximum absolute atomic E-state index is 6.42. The van der Waals surface area contributed by atoms with Gasteiger partial charge in [-0.1, -0.05) is 146 Å². The minimum Gasteiger partial charge on any atom is -0.456 e. The molecule has 0 aliphatic carbocycles. The first kappa shape index (κ1) is 34.9. The topological polar surface area (TPSA) is 21.3 Å². The van der Waals surface area contributed by atoms with Crippen molar-refractivity contribution in [2.45, 2.75) is 0 Å². The van der Waals surface area contributed by atoms with Crippen LogP contribution in [0.5, 0.6) is 0 Å². The fraction of sp³-hybridized carbons (Fsp3) is 0. The van der Waals surface area contributed by atoms with E-state index in [0.29, 0.717) is 0 Å². The Labute approximate surface area is 353 Å². The largest absolute Gasteiger partial charge is 0.456 e. The highest BCUT2D eigenvalue weighted by atomic mass is 16.3. The Morgan fingerprint density at radius 1 is 0.295 bits per heavy atom. The van der Waals surface area contributed by atoms with Gasteiger partial charge < -0.3 is 13.9 Å². The van der Waals surface area contributed by atoms with Crippen molar-refractivity contribution in [3.63, 3.8) is 0 Å². The highest BCUT2D eigenvalue weighted by molar-refractivity contribution is 6.09. The van der Waals surface area contributed by atoms with Gasteiger partial charge in [0.25, 0.3) is 0 Å². The number of aromatic nitrogens is 1. The molecule has 0 radical (unpaired) electrons. The third kappa shape index (κ3) is 6.06. The zero-order chi connectivity index (χ0) is 40.3. The first-order valence-electron chi connectivity index (χ1n) is 20.8. The predicted octanol–water partition coefficient (Wildman–Crippen LogP) is 16.3. The lowest BCUT2D eigenvalue weighted by Crippen LogP contribution is -2.09. The average molecular weight is 779 g/mol. The van der Waals surface area contributed by atoms with E-state index in [0.717, 1.165) is 55.8 Å². The van der Waals surface area contributed by atoms with Crippen molar-refractivity contribution in [1.29, 1.82) is 0 Å². The van der Waals surface area contributed by atoms with Crippen molar-refractivity contribution < 1.29 is 4.42 Å². The summed E-state index contributed by atoms with van der Waals surface area (Å²) >= 11 is 0. The van der Waals surface area contributed by atoms with Crippen molar-refractivity contribution >= 4 is 71.6 Å². The number of rotatable bonds is 7. The van der Waals surface area contributed by atoms with E-state index in [2.05, 4.69) is 228 Å². The van der Waals surface area contributed by atoms with E-state index in [1.807, 2.05) is 12.1 Å². The molecule has 0 unspecified atom stereocenters. The van der Waals surface area contributed by atoms with Crippen LogP contribution in [0.3, 0.4) is 0 Å². The molecule has 0 N–H and O–H groups in total. The molecule has 0 atom stereocenters. The van der Waals surface area contributed by atoms with Gasteiger partial charge in [0.1, 0.15) is 11.2 Å². The van der Waals surface area contributed by atoms with Crippen LogP contribution in [0.15, 0.2) is 235 Å². The smallest absolute Gasteiger partial charge is 0.137 e. The van der Waals surface area contributed by atoms with E-state index in [4.69, 9.17) is 4.42 Å². The molecule has 10 aromatic carbocycles. The number of hydrogen-bond donors (Lipinski definition) is 0. The van der Waals surface area contributed by atoms with E-state index in [9.17, 15) is 0 Å². The summed E-state index contributed by atoms with van der Waals surface area (Å²) in [7, 11) is 0. The molecule has 0 aliphatic rings. The fourth-order valence-electron chi connectivity index (χ4n) is 9.18. The van der Waals surface area contributed by atoms with Gasteiger partial charge in [-0.05, 0) is 123 Å². The summed E-state index contributed by atoms with van der Waals surface area (Å²) < 4.78 is 8.83. The maximum Gasteiger partial charge on any atom is 0.137 e. The molecule has 0 fully saturated rings. The first-order valence-corrected chi connectivity index (χ1v) is 20.8. The van der Waals surface area contributed by atoms with Gasteiger partial charge in [0, 0.05) is 50.4 Å². The minimum absolute atomic E-state index is 0.864. The highest BCUT2D eigenvalue weighted by Crippen LogP contribution is 2.41. The second-order valence-electron chi connectivity index (χ2n) is 15.8. The number of benzene rings is 10. The van der Waals surface area contributed by atoms with Crippen LogP contribution < -0.4 is 4.90 Å². The van der Waals surface area contributed by atoms with Crippen molar-refractivity contribution in [1.82, 2.24) is 4.57 Å². The van der Waals surface area contributed by atoms with Crippen LogP contribution in [-0.2, 0) is 0 Å². The number of furan rings is 1. The molecule has 286 valence electrons. The second kappa shape index (κ2) is 14.3. The Kier molecular flexibility index (Phi) is 8.17. The van der Waals surface area contributed by atoms with E-state index >= 15 is 0 Å². The van der Waals surface area contributed by atoms with Crippen molar-refractivity contribution in [2.24, 2.45) is 0 Å². The molecule has 2 heterocycles. The van der Waals surface area contributed by atoms with Gasteiger partial charge in [0.05, 0.1) is 11.0 Å². The summed E-state index contributed by atoms with van der Waals surface area (Å²) in [6.07, 6.45) is 0. The summed E-state index contributed by atoms with van der Waals surface area (Å²) in [6.45, 7) is 0. The molecule has 0 saturated heterocycles. The molecule has 12 aromatic rings. The molecule has 0 amide bonds. The fourth-order valence-corrected chi connectivity index (χ4v) is 9.18. The number of para-hydroxylation sites is 3. The SMILES string of the molecule is c1ccc(-c2cc(-c3ccc(N(c4ccc(-c5ccc6ccccc6c5)cc4)c4ccc5c(c4)oc4ccccc45)cc3)cc(-n3c4ccccc4c4ccccc43)c2)cc1. The molecule has 3 nitrogen and oxygen atoms in total. The van der Waals surface area contributed by atoms with Gasteiger partial charge in [-0.3, -0.25) is 0 Å². The molecule has 3 heteroatoms. The monoisotopic (exact) mass is 778 g/mol. The molecule has 0 bridgehead atoms. The van der Waals surface area contributed by atoms with E-state index < -0.39 is 0 Å². The third-order valence-electron chi connectivity index (χ3n) is 12.2. The molecule has 61 heavy (non-hydrogen) atoms. The minimum atomic E-state index is 0.864. The number of anilines is 3. The summed E-state index contributed by atoms with van der Waals surface area (Å²) in [5.74, 6) is 0. The molecule has 0 saturated carbocycles. The van der Waals surface area contributed by atoms with Crippen LogP contribution in [0.1, 0.15) is 0 Å². The lowest BCUT2D eigenvalue weighted by molar-refractivity contribution is 0.669. The molecule has 0 spiro atoms. The van der Waals surface area contributed by atoms with Gasteiger partial charge in [0.15, 0.2) is 0 Å². The van der Waals surface area contributed by atoms with Gasteiger partial charge >= 0.3 is 0 Å². The van der Waals surface area contributed by atoms with Crippen LogP contribution >= 0.6 is 0 Å². The predicted molar refractivity (Wildman–Crippen MR) is 257 cm³/mol. The Morgan fingerprint density at radius 2 is 0.803 bits per heavy atom. The summed E-state index contributed by atoms with van der Waals surface area (Å²) in [5.41, 5.74) is 15.4. The standard InChI is InChI=1S/C58H38N2O/c1-2-12-39(13-3-1)45-35-46(37-50(36-45)60-55-19-9-6-16-51(55)52-17-7-10-20-56(52)60)42-26-30-48(31-27-42)59(49-32-33-54-53-18-8-11-21-57(53)61-58(54)38-49)47-28-24-41(25-29-47)44-23-22-40-14-4-5-15-43(40)34-44/h1-38H. The van der Waals surface area contributed by atoms with E-state index in [1.165, 1.54) is 54.8 Å². The van der Waals surface area contributed by atoms with Crippen LogP contribution in [0.4, 0.5) is 17.1 Å². The summed E-state index contributed by atoms with van der Waals surface area (Å²) in [6, 6.07) is 83.0. The van der Waals surface area contributed by atoms with E-state index in [-0.39, 0.29) is 0 Å². The quantitative estimate of drug-likeness (QED) is 0.161. The summed E-state index contributed by atoms with van der Waals surface area (Å²) in [5, 5.41) is 7.21. The van der Waals surface area contributed by atoms with Gasteiger partial charge in [-0.25, -0.2) is 0 Å². The molecular weight excluding hydrogens is 741 g/mol. The van der Waals surface area contributed by atoms with Gasteiger partial charge in [-0.2, -0.15) is 0 Å². The normalized spacial score (nSPS) is 11.6. The van der Waals surface area contributed by atoms with Crippen LogP contribution in [-0.4, -0.2) is 4.57 Å². The molecule has 12 rings (SSSR count). The summed E-state index contributed by atoms with van der Waals surface area (Å²) in [4.78, 5) is 2.32. The van der Waals surface area contributed by atoms with Crippen LogP contribution in [0.25, 0.3) is 93.6 Å². The van der Waals surface area contributed by atoms with E-state index in [1.54, 1.807) is 0 Å². The Bertz CT molecular complexity index is 3520. The zero-order valence-corrected chi connectivity index (χ0v) is 33.2. The number of nitrogens with zero attached hydrogens (tertiary/aromatic N) is 2. The van der Waals surface area contributed by atoms with Crippen LogP contribution in [0, 0.1) is 0 Å². The zero-order valence-electron chi connectivity index (χ0n) is 33.2. The lowest BCUT2D eigenvalue weighted by Gasteiger charge is -2.26. The molecule has 0 aliphatic heterocycles. The number of hydrogen-bond acceptors (Lipinski definition) is 2. The molecular formula is C58H38N2O.